The first-order valence-electron chi connectivity index (χ1n) is 8.26. The van der Waals surface area contributed by atoms with Gasteiger partial charge in [0.25, 0.3) is 0 Å². The topological polar surface area (TPSA) is 63.2 Å². The highest BCUT2D eigenvalue weighted by molar-refractivity contribution is 9.10. The highest BCUT2D eigenvalue weighted by atomic mass is 79.9. The second-order valence-corrected chi connectivity index (χ2v) is 8.84. The van der Waals surface area contributed by atoms with Crippen LogP contribution in [0.5, 0.6) is 0 Å². The van der Waals surface area contributed by atoms with Gasteiger partial charge in [-0.05, 0) is 49.1 Å². The maximum absolute atomic E-state index is 12.1. The van der Waals surface area contributed by atoms with Crippen molar-refractivity contribution < 1.29 is 13.2 Å². The van der Waals surface area contributed by atoms with Gasteiger partial charge in [0.15, 0.2) is 9.84 Å². The third-order valence-corrected chi connectivity index (χ3v) is 6.09. The molecule has 0 saturated carbocycles. The normalized spacial score (nSPS) is 11.2. The lowest BCUT2D eigenvalue weighted by Gasteiger charge is -2.07. The Labute approximate surface area is 157 Å². The summed E-state index contributed by atoms with van der Waals surface area (Å²) >= 11 is 3.40. The Morgan fingerprint density at radius 1 is 0.960 bits per heavy atom. The molecule has 0 atom stereocenters. The van der Waals surface area contributed by atoms with E-state index in [1.54, 1.807) is 30.3 Å². The predicted molar refractivity (Wildman–Crippen MR) is 103 cm³/mol. The lowest BCUT2D eigenvalue weighted by atomic mass is 10.1. The summed E-state index contributed by atoms with van der Waals surface area (Å²) in [6.07, 6.45) is 3.07. The maximum atomic E-state index is 12.1. The number of hydrogen-bond donors (Lipinski definition) is 1. The zero-order chi connectivity index (χ0) is 18.1. The minimum atomic E-state index is -3.34. The van der Waals surface area contributed by atoms with Crippen LogP contribution < -0.4 is 5.32 Å². The van der Waals surface area contributed by atoms with Gasteiger partial charge in [-0.25, -0.2) is 8.42 Å². The third kappa shape index (κ3) is 7.00. The highest BCUT2D eigenvalue weighted by Gasteiger charge is 2.13. The van der Waals surface area contributed by atoms with Gasteiger partial charge in [-0.3, -0.25) is 4.79 Å². The van der Waals surface area contributed by atoms with E-state index in [1.165, 1.54) is 5.56 Å². The van der Waals surface area contributed by atoms with Gasteiger partial charge in [0.1, 0.15) is 0 Å². The summed E-state index contributed by atoms with van der Waals surface area (Å²) in [5.41, 5.74) is 1.25. The summed E-state index contributed by atoms with van der Waals surface area (Å²) in [5.74, 6) is -0.180. The zero-order valence-corrected chi connectivity index (χ0v) is 16.4. The van der Waals surface area contributed by atoms with E-state index in [9.17, 15) is 13.2 Å². The van der Waals surface area contributed by atoms with E-state index in [2.05, 4.69) is 33.4 Å². The van der Waals surface area contributed by atoms with Crippen molar-refractivity contribution in [3.8, 4) is 0 Å². The van der Waals surface area contributed by atoms with Gasteiger partial charge in [-0.1, -0.05) is 46.3 Å². The van der Waals surface area contributed by atoms with Crippen LogP contribution in [0.1, 0.15) is 24.8 Å². The van der Waals surface area contributed by atoms with Crippen LogP contribution in [0, 0.1) is 0 Å². The summed E-state index contributed by atoms with van der Waals surface area (Å²) in [7, 11) is -3.34. The van der Waals surface area contributed by atoms with Gasteiger partial charge in [0.05, 0.1) is 10.6 Å². The van der Waals surface area contributed by atoms with E-state index < -0.39 is 9.84 Å². The van der Waals surface area contributed by atoms with Crippen molar-refractivity contribution in [2.45, 2.75) is 30.6 Å². The molecule has 0 unspecified atom stereocenters. The number of sulfone groups is 1. The number of aryl methyl sites for hydroxylation is 1. The summed E-state index contributed by atoms with van der Waals surface area (Å²) in [6.45, 7) is 0.142. The molecule has 0 aliphatic rings. The number of benzene rings is 2. The number of rotatable bonds is 9. The molecule has 0 aliphatic heterocycles. The molecular weight excluding hydrogens is 402 g/mol. The summed E-state index contributed by atoms with van der Waals surface area (Å²) in [4.78, 5) is 12.1. The van der Waals surface area contributed by atoms with Gasteiger partial charge in [-0.2, -0.15) is 0 Å². The minimum Gasteiger partial charge on any atom is -0.355 e. The average Bonchev–Trinajstić information content (AvgIpc) is 2.61. The first kappa shape index (κ1) is 19.7. The number of halogens is 1. The standard InChI is InChI=1S/C19H22BrNO3S/c20-17-12-10-16(11-13-17)6-4-5-9-19(22)21-14-15-25(23,24)18-7-2-1-3-8-18/h1-3,7-8,10-13H,4-6,9,14-15H2,(H,21,22). The molecule has 0 aliphatic carbocycles. The molecule has 2 aromatic carbocycles. The molecule has 1 amide bonds. The molecule has 4 nitrogen and oxygen atoms in total. The summed E-state index contributed by atoms with van der Waals surface area (Å²) in [6, 6.07) is 16.4. The Kier molecular flexibility index (Phi) is 7.65. The molecule has 0 fully saturated rings. The first-order valence-corrected chi connectivity index (χ1v) is 10.7. The lowest BCUT2D eigenvalue weighted by molar-refractivity contribution is -0.121. The zero-order valence-electron chi connectivity index (χ0n) is 13.9. The second kappa shape index (κ2) is 9.73. The number of unbranched alkanes of at least 4 members (excludes halogenated alkanes) is 1. The van der Waals surface area contributed by atoms with Crippen molar-refractivity contribution in [3.63, 3.8) is 0 Å². The molecule has 0 radical (unpaired) electrons. The van der Waals surface area contributed by atoms with E-state index in [4.69, 9.17) is 0 Å². The molecule has 25 heavy (non-hydrogen) atoms. The average molecular weight is 424 g/mol. The van der Waals surface area contributed by atoms with Crippen LogP contribution in [-0.2, 0) is 21.1 Å². The fourth-order valence-corrected chi connectivity index (χ4v) is 3.87. The van der Waals surface area contributed by atoms with Crippen LogP contribution in [0.3, 0.4) is 0 Å². The van der Waals surface area contributed by atoms with E-state index >= 15 is 0 Å². The Balaban J connectivity index is 1.63. The molecule has 0 heterocycles. The molecule has 6 heteroatoms. The molecule has 0 bridgehead atoms. The Morgan fingerprint density at radius 3 is 2.32 bits per heavy atom. The van der Waals surface area contributed by atoms with Crippen LogP contribution in [0.4, 0.5) is 0 Å². The Hall–Kier alpha value is -1.66. The molecule has 0 aromatic heterocycles. The lowest BCUT2D eigenvalue weighted by Crippen LogP contribution is -2.28. The number of carbonyl (C=O) groups excluding carboxylic acids is 1. The minimum absolute atomic E-state index is 0.0817. The van der Waals surface area contributed by atoms with Gasteiger partial charge in [0, 0.05) is 17.4 Å². The van der Waals surface area contributed by atoms with Crippen LogP contribution in [-0.4, -0.2) is 26.6 Å². The largest absolute Gasteiger partial charge is 0.355 e. The quantitative estimate of drug-likeness (QED) is 0.624. The first-order chi connectivity index (χ1) is 12.0. The molecular formula is C19H22BrNO3S. The van der Waals surface area contributed by atoms with E-state index in [1.807, 2.05) is 12.1 Å². The fraction of sp³-hybridized carbons (Fsp3) is 0.316. The van der Waals surface area contributed by atoms with Gasteiger partial charge in [-0.15, -0.1) is 0 Å². The van der Waals surface area contributed by atoms with Gasteiger partial charge >= 0.3 is 0 Å². The number of hydrogen-bond acceptors (Lipinski definition) is 3. The van der Waals surface area contributed by atoms with E-state index in [-0.39, 0.29) is 18.2 Å². The molecule has 2 rings (SSSR count). The van der Waals surface area contributed by atoms with Crippen molar-refractivity contribution >= 4 is 31.7 Å². The molecule has 0 saturated heterocycles. The molecule has 134 valence electrons. The monoisotopic (exact) mass is 423 g/mol. The second-order valence-electron chi connectivity index (χ2n) is 5.82. The maximum Gasteiger partial charge on any atom is 0.220 e. The summed E-state index contributed by atoms with van der Waals surface area (Å²) < 4.78 is 25.3. The van der Waals surface area contributed by atoms with Crippen LogP contribution in [0.25, 0.3) is 0 Å². The van der Waals surface area contributed by atoms with Crippen molar-refractivity contribution in [1.29, 1.82) is 0 Å². The Bertz CT molecular complexity index is 774. The van der Waals surface area contributed by atoms with Gasteiger partial charge in [0.2, 0.25) is 5.91 Å². The Morgan fingerprint density at radius 2 is 1.64 bits per heavy atom. The van der Waals surface area contributed by atoms with Crippen molar-refractivity contribution in [2.24, 2.45) is 0 Å². The van der Waals surface area contributed by atoms with Gasteiger partial charge < -0.3 is 5.32 Å². The highest BCUT2D eigenvalue weighted by Crippen LogP contribution is 2.13. The van der Waals surface area contributed by atoms with Crippen LogP contribution >= 0.6 is 15.9 Å². The number of nitrogens with one attached hydrogen (secondary N) is 1. The number of amides is 1. The van der Waals surface area contributed by atoms with Crippen LogP contribution in [0.15, 0.2) is 64.0 Å². The van der Waals surface area contributed by atoms with Crippen molar-refractivity contribution in [1.82, 2.24) is 5.32 Å². The smallest absolute Gasteiger partial charge is 0.220 e. The predicted octanol–water partition coefficient (Wildman–Crippen LogP) is 3.75. The molecule has 2 aromatic rings. The molecule has 1 N–H and O–H groups in total. The van der Waals surface area contributed by atoms with E-state index in [0.29, 0.717) is 11.3 Å². The fourth-order valence-electron chi connectivity index (χ4n) is 2.42. The van der Waals surface area contributed by atoms with E-state index in [0.717, 1.165) is 23.7 Å². The number of carbonyl (C=O) groups is 1. The van der Waals surface area contributed by atoms with Crippen molar-refractivity contribution in [2.75, 3.05) is 12.3 Å². The third-order valence-electron chi connectivity index (χ3n) is 3.83. The SMILES string of the molecule is O=C(CCCCc1ccc(Br)cc1)NCCS(=O)(=O)c1ccccc1. The summed E-state index contributed by atoms with van der Waals surface area (Å²) in [5, 5.41) is 2.69. The van der Waals surface area contributed by atoms with Crippen LogP contribution in [0.2, 0.25) is 0 Å². The van der Waals surface area contributed by atoms with Crippen molar-refractivity contribution in [3.05, 3.63) is 64.6 Å². The molecule has 0 spiro atoms.